The zero-order valence-corrected chi connectivity index (χ0v) is 17.4. The van der Waals surface area contributed by atoms with Crippen molar-refractivity contribution in [2.75, 3.05) is 28.5 Å². The molecule has 0 aliphatic rings. The number of amides is 1. The molecule has 1 amide bonds. The lowest BCUT2D eigenvalue weighted by atomic mass is 10.1. The van der Waals surface area contributed by atoms with Gasteiger partial charge in [-0.2, -0.15) is 5.26 Å². The lowest BCUT2D eigenvalue weighted by Gasteiger charge is -2.22. The van der Waals surface area contributed by atoms with Crippen LogP contribution in [0.4, 0.5) is 11.4 Å². The summed E-state index contributed by atoms with van der Waals surface area (Å²) in [5, 5.41) is 8.97. The van der Waals surface area contributed by atoms with Gasteiger partial charge in [-0.3, -0.25) is 9.52 Å². The summed E-state index contributed by atoms with van der Waals surface area (Å²) in [6.45, 7) is 4.42. The van der Waals surface area contributed by atoms with E-state index in [-0.39, 0.29) is 24.6 Å². The van der Waals surface area contributed by atoms with E-state index in [0.717, 1.165) is 0 Å². The lowest BCUT2D eigenvalue weighted by Crippen LogP contribution is -2.31. The number of carbonyl (C=O) groups is 1. The van der Waals surface area contributed by atoms with Gasteiger partial charge in [0, 0.05) is 23.5 Å². The minimum atomic E-state index is -3.46. The molecule has 2 rings (SSSR count). The van der Waals surface area contributed by atoms with Crippen LogP contribution in [0.15, 0.2) is 48.5 Å². The van der Waals surface area contributed by atoms with Crippen molar-refractivity contribution in [2.24, 2.45) is 0 Å². The van der Waals surface area contributed by atoms with Gasteiger partial charge in [-0.1, -0.05) is 13.0 Å². The van der Waals surface area contributed by atoms with E-state index < -0.39 is 10.0 Å². The van der Waals surface area contributed by atoms with Crippen molar-refractivity contribution in [1.29, 1.82) is 5.26 Å². The van der Waals surface area contributed by atoms with E-state index in [4.69, 9.17) is 10.00 Å². The van der Waals surface area contributed by atoms with E-state index in [9.17, 15) is 13.2 Å². The molecule has 154 valence electrons. The number of nitrogens with zero attached hydrogens (tertiary/aromatic N) is 2. The first-order chi connectivity index (χ1) is 13.9. The first kappa shape index (κ1) is 22.2. The zero-order valence-electron chi connectivity index (χ0n) is 16.6. The molecule has 0 atom stereocenters. The van der Waals surface area contributed by atoms with Crippen LogP contribution in [-0.2, 0) is 10.0 Å². The van der Waals surface area contributed by atoms with Crippen LogP contribution in [0.3, 0.4) is 0 Å². The molecule has 0 saturated heterocycles. The van der Waals surface area contributed by atoms with E-state index in [0.29, 0.717) is 35.7 Å². The van der Waals surface area contributed by atoms with Crippen LogP contribution in [0.5, 0.6) is 5.75 Å². The Hall–Kier alpha value is -3.05. The predicted octanol–water partition coefficient (Wildman–Crippen LogP) is 3.80. The molecule has 7 nitrogen and oxygen atoms in total. The lowest BCUT2D eigenvalue weighted by molar-refractivity contribution is 0.0987. The van der Waals surface area contributed by atoms with Crippen molar-refractivity contribution >= 4 is 27.3 Å². The van der Waals surface area contributed by atoms with Crippen molar-refractivity contribution in [2.45, 2.75) is 26.7 Å². The first-order valence-corrected chi connectivity index (χ1v) is 11.1. The fraction of sp³-hybridized carbons (Fsp3) is 0.333. The number of sulfonamides is 1. The van der Waals surface area contributed by atoms with Crippen LogP contribution < -0.4 is 14.4 Å². The largest absolute Gasteiger partial charge is 0.494 e. The van der Waals surface area contributed by atoms with E-state index in [1.807, 2.05) is 6.92 Å². The van der Waals surface area contributed by atoms with Gasteiger partial charge < -0.3 is 9.64 Å². The van der Waals surface area contributed by atoms with Gasteiger partial charge in [0.05, 0.1) is 24.8 Å². The number of nitrogens with one attached hydrogen (secondary N) is 1. The Bertz CT molecular complexity index is 966. The maximum Gasteiger partial charge on any atom is 0.258 e. The Kier molecular flexibility index (Phi) is 8.04. The van der Waals surface area contributed by atoms with Gasteiger partial charge in [0.1, 0.15) is 5.75 Å². The standard InChI is InChI=1S/C21H25N3O4S/c1-3-15-29(26,27)23-18-8-5-7-17(16-18)21(25)24(14-6-13-22)19-9-11-20(12-10-19)28-4-2/h5,7-12,16,23H,3-4,6,14-15H2,1-2H3. The number of hydrogen-bond acceptors (Lipinski definition) is 5. The molecule has 0 radical (unpaired) electrons. The molecule has 2 aromatic rings. The number of nitriles is 1. The molecular formula is C21H25N3O4S. The number of rotatable bonds is 10. The molecule has 0 aliphatic heterocycles. The molecule has 0 unspecified atom stereocenters. The van der Waals surface area contributed by atoms with Gasteiger partial charge >= 0.3 is 0 Å². The van der Waals surface area contributed by atoms with Crippen LogP contribution in [0, 0.1) is 11.3 Å². The molecule has 0 heterocycles. The minimum absolute atomic E-state index is 0.00560. The topological polar surface area (TPSA) is 99.5 Å². The van der Waals surface area contributed by atoms with Crippen LogP contribution in [0.1, 0.15) is 37.0 Å². The van der Waals surface area contributed by atoms with Crippen molar-refractivity contribution in [3.05, 3.63) is 54.1 Å². The predicted molar refractivity (Wildman–Crippen MR) is 114 cm³/mol. The summed E-state index contributed by atoms with van der Waals surface area (Å²) in [6, 6.07) is 15.4. The molecule has 0 saturated carbocycles. The molecular weight excluding hydrogens is 390 g/mol. The summed E-state index contributed by atoms with van der Waals surface area (Å²) in [7, 11) is -3.46. The summed E-state index contributed by atoms with van der Waals surface area (Å²) in [5.41, 5.74) is 1.29. The summed E-state index contributed by atoms with van der Waals surface area (Å²) >= 11 is 0. The molecule has 8 heteroatoms. The molecule has 0 aliphatic carbocycles. The number of ether oxygens (including phenoxy) is 1. The zero-order chi connectivity index (χ0) is 21.3. The Morgan fingerprint density at radius 2 is 1.90 bits per heavy atom. The van der Waals surface area contributed by atoms with Gasteiger partial charge in [0.2, 0.25) is 10.0 Å². The molecule has 0 bridgehead atoms. The summed E-state index contributed by atoms with van der Waals surface area (Å²) < 4.78 is 31.9. The third-order valence-corrected chi connectivity index (χ3v) is 5.50. The Morgan fingerprint density at radius 1 is 1.17 bits per heavy atom. The third kappa shape index (κ3) is 6.50. The number of benzene rings is 2. The molecule has 0 fully saturated rings. The highest BCUT2D eigenvalue weighted by atomic mass is 32.2. The van der Waals surface area contributed by atoms with Crippen LogP contribution in [-0.4, -0.2) is 33.2 Å². The van der Waals surface area contributed by atoms with Gasteiger partial charge in [-0.25, -0.2) is 8.42 Å². The normalized spacial score (nSPS) is 10.8. The molecule has 2 aromatic carbocycles. The summed E-state index contributed by atoms with van der Waals surface area (Å²) in [4.78, 5) is 14.6. The number of anilines is 2. The summed E-state index contributed by atoms with van der Waals surface area (Å²) in [5.74, 6) is 0.378. The van der Waals surface area contributed by atoms with Gasteiger partial charge in [-0.05, 0) is 55.8 Å². The second-order valence-corrected chi connectivity index (χ2v) is 8.14. The van der Waals surface area contributed by atoms with E-state index in [1.54, 1.807) is 49.4 Å². The average Bonchev–Trinajstić information content (AvgIpc) is 2.69. The maximum atomic E-state index is 13.1. The van der Waals surface area contributed by atoms with E-state index in [1.165, 1.54) is 11.0 Å². The molecule has 1 N–H and O–H groups in total. The molecule has 29 heavy (non-hydrogen) atoms. The fourth-order valence-corrected chi connectivity index (χ4v) is 3.90. The van der Waals surface area contributed by atoms with E-state index >= 15 is 0 Å². The monoisotopic (exact) mass is 415 g/mol. The molecule has 0 spiro atoms. The van der Waals surface area contributed by atoms with Crippen molar-refractivity contribution in [3.63, 3.8) is 0 Å². The second-order valence-electron chi connectivity index (χ2n) is 6.29. The Morgan fingerprint density at radius 3 is 2.52 bits per heavy atom. The molecule has 0 aromatic heterocycles. The smallest absolute Gasteiger partial charge is 0.258 e. The van der Waals surface area contributed by atoms with Crippen LogP contribution in [0.2, 0.25) is 0 Å². The van der Waals surface area contributed by atoms with Gasteiger partial charge in [-0.15, -0.1) is 0 Å². The van der Waals surface area contributed by atoms with Crippen LogP contribution in [0.25, 0.3) is 0 Å². The van der Waals surface area contributed by atoms with E-state index in [2.05, 4.69) is 10.8 Å². The maximum absolute atomic E-state index is 13.1. The Balaban J connectivity index is 2.29. The average molecular weight is 416 g/mol. The second kappa shape index (κ2) is 10.5. The highest BCUT2D eigenvalue weighted by Gasteiger charge is 2.19. The summed E-state index contributed by atoms with van der Waals surface area (Å²) in [6.07, 6.45) is 0.662. The van der Waals surface area contributed by atoms with Crippen molar-refractivity contribution in [3.8, 4) is 11.8 Å². The number of carbonyl (C=O) groups excluding carboxylic acids is 1. The highest BCUT2D eigenvalue weighted by Crippen LogP contribution is 2.23. The third-order valence-electron chi connectivity index (χ3n) is 4.01. The van der Waals surface area contributed by atoms with Gasteiger partial charge in [0.25, 0.3) is 5.91 Å². The fourth-order valence-electron chi connectivity index (χ4n) is 2.77. The van der Waals surface area contributed by atoms with Crippen molar-refractivity contribution in [1.82, 2.24) is 0 Å². The minimum Gasteiger partial charge on any atom is -0.494 e. The van der Waals surface area contributed by atoms with Crippen molar-refractivity contribution < 1.29 is 17.9 Å². The van der Waals surface area contributed by atoms with Gasteiger partial charge in [0.15, 0.2) is 0 Å². The quantitative estimate of drug-likeness (QED) is 0.636. The SMILES string of the molecule is CCCS(=O)(=O)Nc1cccc(C(=O)N(CCC#N)c2ccc(OCC)cc2)c1. The Labute approximate surface area is 172 Å². The number of hydrogen-bond donors (Lipinski definition) is 1. The first-order valence-electron chi connectivity index (χ1n) is 9.42. The highest BCUT2D eigenvalue weighted by molar-refractivity contribution is 7.92. The van der Waals surface area contributed by atoms with Crippen LogP contribution >= 0.6 is 0 Å².